The molecule has 2 aromatic carbocycles. The number of benzene rings is 2. The second-order valence-corrected chi connectivity index (χ2v) is 6.99. The molecule has 0 atom stereocenters. The molecule has 0 aromatic heterocycles. The maximum atomic E-state index is 11.5. The molecule has 0 aliphatic carbocycles. The third-order valence-corrected chi connectivity index (χ3v) is 3.97. The van der Waals surface area contributed by atoms with Crippen molar-refractivity contribution in [2.45, 2.75) is 26.2 Å². The predicted molar refractivity (Wildman–Crippen MR) is 101 cm³/mol. The van der Waals surface area contributed by atoms with Gasteiger partial charge in [0.25, 0.3) is 22.7 Å². The standard InChI is InChI=1S/C16H15N5O8/c1-16(2,3)11-6-10(19(24)25)8-14(21(28)29)15(11)17-12-5-4-9(18(22)23)7-13(12)20(26)27/h4-8,17H,1-3H3. The molecule has 0 saturated heterocycles. The number of hydrogen-bond donors (Lipinski definition) is 1. The number of nitro groups is 4. The monoisotopic (exact) mass is 405 g/mol. The van der Waals surface area contributed by atoms with Crippen LogP contribution in [0.4, 0.5) is 34.1 Å². The van der Waals surface area contributed by atoms with E-state index in [0.29, 0.717) is 0 Å². The second-order valence-electron chi connectivity index (χ2n) is 6.99. The number of rotatable bonds is 6. The first-order chi connectivity index (χ1) is 13.3. The van der Waals surface area contributed by atoms with Gasteiger partial charge < -0.3 is 5.32 Å². The Morgan fingerprint density at radius 1 is 0.724 bits per heavy atom. The minimum atomic E-state index is -0.872. The van der Waals surface area contributed by atoms with Crippen LogP contribution >= 0.6 is 0 Å². The number of hydrogen-bond acceptors (Lipinski definition) is 9. The van der Waals surface area contributed by atoms with Crippen molar-refractivity contribution in [1.82, 2.24) is 0 Å². The van der Waals surface area contributed by atoms with E-state index < -0.39 is 47.9 Å². The van der Waals surface area contributed by atoms with Crippen molar-refractivity contribution >= 4 is 34.1 Å². The number of non-ortho nitro benzene ring substituents is 2. The second kappa shape index (κ2) is 7.46. The normalized spacial score (nSPS) is 11.0. The van der Waals surface area contributed by atoms with E-state index in [1.165, 1.54) is 0 Å². The van der Waals surface area contributed by atoms with Crippen LogP contribution in [-0.2, 0) is 5.41 Å². The lowest BCUT2D eigenvalue weighted by molar-refractivity contribution is -0.393. The Labute approximate surface area is 162 Å². The first-order valence-corrected chi connectivity index (χ1v) is 8.00. The summed E-state index contributed by atoms with van der Waals surface area (Å²) in [5, 5.41) is 47.5. The molecule has 0 aliphatic rings. The van der Waals surface area contributed by atoms with Gasteiger partial charge in [0, 0.05) is 12.1 Å². The van der Waals surface area contributed by atoms with Crippen molar-refractivity contribution < 1.29 is 19.7 Å². The van der Waals surface area contributed by atoms with Gasteiger partial charge in [-0.15, -0.1) is 0 Å². The SMILES string of the molecule is CC(C)(C)c1cc([N+](=O)[O-])cc([N+](=O)[O-])c1Nc1ccc([N+](=O)[O-])cc1[N+](=O)[O-]. The summed E-state index contributed by atoms with van der Waals surface area (Å²) in [7, 11) is 0. The molecular weight excluding hydrogens is 390 g/mol. The average molecular weight is 405 g/mol. The van der Waals surface area contributed by atoms with Crippen LogP contribution in [0.1, 0.15) is 26.3 Å². The van der Waals surface area contributed by atoms with E-state index >= 15 is 0 Å². The molecule has 29 heavy (non-hydrogen) atoms. The van der Waals surface area contributed by atoms with Gasteiger partial charge >= 0.3 is 0 Å². The lowest BCUT2D eigenvalue weighted by atomic mass is 9.84. The minimum Gasteiger partial charge on any atom is -0.344 e. The smallest absolute Gasteiger partial charge is 0.299 e. The van der Waals surface area contributed by atoms with Crippen LogP contribution in [0.2, 0.25) is 0 Å². The fourth-order valence-electron chi connectivity index (χ4n) is 2.61. The van der Waals surface area contributed by atoms with Crippen LogP contribution < -0.4 is 5.32 Å². The Morgan fingerprint density at radius 2 is 1.24 bits per heavy atom. The molecule has 0 bridgehead atoms. The van der Waals surface area contributed by atoms with Crippen molar-refractivity contribution in [3.63, 3.8) is 0 Å². The van der Waals surface area contributed by atoms with Crippen molar-refractivity contribution in [2.24, 2.45) is 0 Å². The van der Waals surface area contributed by atoms with E-state index in [-0.39, 0.29) is 16.9 Å². The van der Waals surface area contributed by atoms with Gasteiger partial charge in [-0.3, -0.25) is 40.5 Å². The zero-order valence-electron chi connectivity index (χ0n) is 15.4. The summed E-state index contributed by atoms with van der Waals surface area (Å²) in [6.07, 6.45) is 0. The van der Waals surface area contributed by atoms with E-state index in [4.69, 9.17) is 0 Å². The maximum Gasteiger partial charge on any atom is 0.299 e. The fourth-order valence-corrected chi connectivity index (χ4v) is 2.61. The van der Waals surface area contributed by atoms with E-state index in [1.54, 1.807) is 20.8 Å². The summed E-state index contributed by atoms with van der Waals surface area (Å²) in [5.41, 5.74) is -3.42. The molecule has 0 heterocycles. The Hall–Kier alpha value is -4.16. The molecule has 1 N–H and O–H groups in total. The van der Waals surface area contributed by atoms with Crippen LogP contribution in [0.25, 0.3) is 0 Å². The maximum absolute atomic E-state index is 11.5. The molecule has 0 unspecified atom stereocenters. The predicted octanol–water partition coefficient (Wildman–Crippen LogP) is 4.36. The molecule has 0 amide bonds. The van der Waals surface area contributed by atoms with Gasteiger partial charge in [-0.2, -0.15) is 0 Å². The number of nitro benzene ring substituents is 4. The topological polar surface area (TPSA) is 185 Å². The van der Waals surface area contributed by atoms with E-state index in [9.17, 15) is 40.5 Å². The number of nitrogens with zero attached hydrogens (tertiary/aromatic N) is 4. The average Bonchev–Trinajstić information content (AvgIpc) is 2.60. The lowest BCUT2D eigenvalue weighted by Crippen LogP contribution is -2.16. The highest BCUT2D eigenvalue weighted by molar-refractivity contribution is 5.80. The van der Waals surface area contributed by atoms with Gasteiger partial charge in [-0.25, -0.2) is 0 Å². The summed E-state index contributed by atoms with van der Waals surface area (Å²) in [4.78, 5) is 41.7. The lowest BCUT2D eigenvalue weighted by Gasteiger charge is -2.23. The van der Waals surface area contributed by atoms with Gasteiger partial charge in [-0.1, -0.05) is 20.8 Å². The molecular formula is C16H15N5O8. The summed E-state index contributed by atoms with van der Waals surface area (Å²) in [6.45, 7) is 4.97. The van der Waals surface area contributed by atoms with Gasteiger partial charge in [0.15, 0.2) is 0 Å². The van der Waals surface area contributed by atoms with Crippen LogP contribution in [-0.4, -0.2) is 19.7 Å². The van der Waals surface area contributed by atoms with Crippen molar-refractivity contribution in [1.29, 1.82) is 0 Å². The van der Waals surface area contributed by atoms with E-state index in [2.05, 4.69) is 5.32 Å². The highest BCUT2D eigenvalue weighted by Gasteiger charge is 2.31. The van der Waals surface area contributed by atoms with Crippen LogP contribution in [0.15, 0.2) is 30.3 Å². The van der Waals surface area contributed by atoms with Crippen molar-refractivity contribution in [2.75, 3.05) is 5.32 Å². The summed E-state index contributed by atoms with van der Waals surface area (Å²) < 4.78 is 0. The summed E-state index contributed by atoms with van der Waals surface area (Å²) in [6, 6.07) is 4.66. The highest BCUT2D eigenvalue weighted by Crippen LogP contribution is 2.42. The first kappa shape index (κ1) is 21.1. The molecule has 0 radical (unpaired) electrons. The van der Waals surface area contributed by atoms with Crippen molar-refractivity contribution in [3.8, 4) is 0 Å². The Bertz CT molecular complexity index is 1040. The molecule has 2 aromatic rings. The van der Waals surface area contributed by atoms with Crippen LogP contribution in [0.5, 0.6) is 0 Å². The number of nitrogens with one attached hydrogen (secondary N) is 1. The fraction of sp³-hybridized carbons (Fsp3) is 0.250. The highest BCUT2D eigenvalue weighted by atomic mass is 16.6. The Kier molecular flexibility index (Phi) is 5.44. The zero-order valence-corrected chi connectivity index (χ0v) is 15.4. The van der Waals surface area contributed by atoms with Crippen LogP contribution in [0.3, 0.4) is 0 Å². The zero-order chi connectivity index (χ0) is 22.1. The molecule has 2 rings (SSSR count). The third-order valence-electron chi connectivity index (χ3n) is 3.97. The van der Waals surface area contributed by atoms with E-state index in [1.807, 2.05) is 0 Å². The Balaban J connectivity index is 2.78. The van der Waals surface area contributed by atoms with Gasteiger partial charge in [0.2, 0.25) is 0 Å². The quantitative estimate of drug-likeness (QED) is 0.538. The Morgan fingerprint density at radius 3 is 1.69 bits per heavy atom. The molecule has 0 aliphatic heterocycles. The van der Waals surface area contributed by atoms with E-state index in [0.717, 1.165) is 30.3 Å². The minimum absolute atomic E-state index is 0.172. The molecule has 0 saturated carbocycles. The molecule has 152 valence electrons. The van der Waals surface area contributed by atoms with Crippen molar-refractivity contribution in [3.05, 3.63) is 76.4 Å². The number of anilines is 2. The third kappa shape index (κ3) is 4.40. The van der Waals surface area contributed by atoms with Gasteiger partial charge in [-0.05, 0) is 17.0 Å². The first-order valence-electron chi connectivity index (χ1n) is 8.00. The van der Waals surface area contributed by atoms with Gasteiger partial charge in [0.1, 0.15) is 11.4 Å². The molecule has 0 fully saturated rings. The van der Waals surface area contributed by atoms with Gasteiger partial charge in [0.05, 0.1) is 31.8 Å². The van der Waals surface area contributed by atoms with Crippen LogP contribution in [0, 0.1) is 40.5 Å². The largest absolute Gasteiger partial charge is 0.344 e. The molecule has 13 heteroatoms. The summed E-state index contributed by atoms with van der Waals surface area (Å²) in [5.74, 6) is 0. The molecule has 13 nitrogen and oxygen atoms in total. The summed E-state index contributed by atoms with van der Waals surface area (Å²) >= 11 is 0. The molecule has 0 spiro atoms.